The molecule has 5 heteroatoms. The quantitative estimate of drug-likeness (QED) is 0.463. The maximum absolute atomic E-state index is 10.6. The third kappa shape index (κ3) is 4.52. The summed E-state index contributed by atoms with van der Waals surface area (Å²) in [6.45, 7) is 4.73. The fraction of sp³-hybridized carbons (Fsp3) is 0.125. The van der Waals surface area contributed by atoms with Crippen molar-refractivity contribution in [3.63, 3.8) is 0 Å². The molecular formula is C8H10N2O3. The van der Waals surface area contributed by atoms with Gasteiger partial charge in [0.05, 0.1) is 0 Å². The number of aryl methyl sites for hydroxylation is 1. The molecule has 0 spiro atoms. The van der Waals surface area contributed by atoms with E-state index in [9.17, 15) is 9.59 Å². The Kier molecular flexibility index (Phi) is 4.87. The van der Waals surface area contributed by atoms with Gasteiger partial charge in [-0.25, -0.2) is 4.79 Å². The molecule has 1 aromatic rings. The Morgan fingerprint density at radius 2 is 2.00 bits per heavy atom. The van der Waals surface area contributed by atoms with Crippen LogP contribution >= 0.6 is 0 Å². The minimum Gasteiger partial charge on any atom is -0.314 e. The molecule has 0 fully saturated rings. The topological polar surface area (TPSA) is 82.8 Å². The molecule has 0 radical (unpaired) electrons. The van der Waals surface area contributed by atoms with Crippen molar-refractivity contribution in [2.24, 2.45) is 0 Å². The Morgan fingerprint density at radius 1 is 1.46 bits per heavy atom. The van der Waals surface area contributed by atoms with E-state index >= 15 is 0 Å². The number of carbonyl (C=O) groups excluding carboxylic acids is 1. The van der Waals surface area contributed by atoms with Gasteiger partial charge in [-0.1, -0.05) is 6.58 Å². The highest BCUT2D eigenvalue weighted by Crippen LogP contribution is 1.73. The van der Waals surface area contributed by atoms with Crippen LogP contribution in [0.4, 0.5) is 0 Å². The van der Waals surface area contributed by atoms with E-state index in [1.165, 1.54) is 12.3 Å². The standard InChI is InChI=1S/C5H6N2O2.C3H4O/c1-3-2-6-5(9)7-4(3)8;1-2-3-4/h2H,1H3,(H2,6,7,8,9);2-3H,1H2. The van der Waals surface area contributed by atoms with Crippen molar-refractivity contribution in [3.8, 4) is 0 Å². The van der Waals surface area contributed by atoms with Gasteiger partial charge >= 0.3 is 5.69 Å². The van der Waals surface area contributed by atoms with Gasteiger partial charge in [-0.3, -0.25) is 14.6 Å². The van der Waals surface area contributed by atoms with E-state index in [-0.39, 0.29) is 5.56 Å². The van der Waals surface area contributed by atoms with Gasteiger partial charge in [-0.2, -0.15) is 0 Å². The molecule has 0 unspecified atom stereocenters. The van der Waals surface area contributed by atoms with Gasteiger partial charge in [0, 0.05) is 11.8 Å². The molecule has 0 amide bonds. The number of nitrogens with one attached hydrogen (secondary N) is 2. The average molecular weight is 182 g/mol. The van der Waals surface area contributed by atoms with Gasteiger partial charge in [-0.05, 0) is 13.0 Å². The van der Waals surface area contributed by atoms with Gasteiger partial charge in [0.1, 0.15) is 6.29 Å². The van der Waals surface area contributed by atoms with Crippen molar-refractivity contribution < 1.29 is 4.79 Å². The summed E-state index contributed by atoms with van der Waals surface area (Å²) in [6, 6.07) is 0. The van der Waals surface area contributed by atoms with Crippen LogP contribution in [-0.4, -0.2) is 16.3 Å². The molecule has 0 atom stereocenters. The van der Waals surface area contributed by atoms with E-state index in [4.69, 9.17) is 4.79 Å². The van der Waals surface area contributed by atoms with Crippen LogP contribution in [0.15, 0.2) is 28.4 Å². The Morgan fingerprint density at radius 3 is 2.31 bits per heavy atom. The van der Waals surface area contributed by atoms with E-state index in [1.54, 1.807) is 6.92 Å². The summed E-state index contributed by atoms with van der Waals surface area (Å²) in [5.74, 6) is 0. The second-order valence-corrected chi connectivity index (χ2v) is 2.13. The molecule has 1 rings (SSSR count). The molecule has 13 heavy (non-hydrogen) atoms. The molecule has 1 aromatic heterocycles. The summed E-state index contributed by atoms with van der Waals surface area (Å²) in [7, 11) is 0. The first-order chi connectivity index (χ1) is 6.11. The second-order valence-electron chi connectivity index (χ2n) is 2.13. The van der Waals surface area contributed by atoms with Gasteiger partial charge in [0.25, 0.3) is 5.56 Å². The Labute approximate surface area is 74.1 Å². The fourth-order valence-electron chi connectivity index (χ4n) is 0.477. The molecular weight excluding hydrogens is 172 g/mol. The largest absolute Gasteiger partial charge is 0.325 e. The predicted molar refractivity (Wildman–Crippen MR) is 48.7 cm³/mol. The van der Waals surface area contributed by atoms with E-state index < -0.39 is 5.69 Å². The van der Waals surface area contributed by atoms with Gasteiger partial charge in [0.2, 0.25) is 0 Å². The van der Waals surface area contributed by atoms with Gasteiger partial charge < -0.3 is 4.98 Å². The molecule has 0 saturated heterocycles. The molecule has 0 aromatic carbocycles. The molecule has 2 N–H and O–H groups in total. The van der Waals surface area contributed by atoms with E-state index in [0.717, 1.165) is 0 Å². The lowest BCUT2D eigenvalue weighted by Gasteiger charge is -1.84. The lowest BCUT2D eigenvalue weighted by molar-refractivity contribution is -0.104. The van der Waals surface area contributed by atoms with Crippen LogP contribution in [0, 0.1) is 6.92 Å². The monoisotopic (exact) mass is 182 g/mol. The summed E-state index contributed by atoms with van der Waals surface area (Å²) in [6.07, 6.45) is 3.21. The first-order valence-electron chi connectivity index (χ1n) is 3.46. The molecule has 0 aliphatic carbocycles. The number of allylic oxidation sites excluding steroid dienone is 1. The highest BCUT2D eigenvalue weighted by Gasteiger charge is 1.88. The van der Waals surface area contributed by atoms with Crippen LogP contribution in [0.1, 0.15) is 5.56 Å². The van der Waals surface area contributed by atoms with Crippen LogP contribution in [-0.2, 0) is 4.79 Å². The smallest absolute Gasteiger partial charge is 0.314 e. The van der Waals surface area contributed by atoms with Crippen molar-refractivity contribution in [3.05, 3.63) is 45.3 Å². The highest BCUT2D eigenvalue weighted by molar-refractivity contribution is 5.63. The molecule has 5 nitrogen and oxygen atoms in total. The normalized spacial score (nSPS) is 8.08. The molecule has 1 heterocycles. The zero-order valence-electron chi connectivity index (χ0n) is 7.16. The van der Waals surface area contributed by atoms with E-state index in [2.05, 4.69) is 16.5 Å². The summed E-state index contributed by atoms with van der Waals surface area (Å²) in [4.78, 5) is 34.4. The van der Waals surface area contributed by atoms with Crippen molar-refractivity contribution in [1.29, 1.82) is 0 Å². The van der Waals surface area contributed by atoms with Gasteiger partial charge in [-0.15, -0.1) is 0 Å². The van der Waals surface area contributed by atoms with Crippen LogP contribution in [0.3, 0.4) is 0 Å². The Hall–Kier alpha value is -1.91. The fourth-order valence-corrected chi connectivity index (χ4v) is 0.477. The highest BCUT2D eigenvalue weighted by atomic mass is 16.2. The minimum atomic E-state index is -0.467. The first kappa shape index (κ1) is 11.1. The lowest BCUT2D eigenvalue weighted by atomic mass is 10.4. The summed E-state index contributed by atoms with van der Waals surface area (Å²) in [5.41, 5.74) is -0.293. The zero-order chi connectivity index (χ0) is 10.3. The van der Waals surface area contributed by atoms with Crippen molar-refractivity contribution in [1.82, 2.24) is 9.97 Å². The average Bonchev–Trinajstić information content (AvgIpc) is 2.12. The number of hydrogen-bond acceptors (Lipinski definition) is 3. The number of rotatable bonds is 1. The summed E-state index contributed by atoms with van der Waals surface area (Å²) in [5, 5.41) is 0. The number of carbonyl (C=O) groups is 1. The molecule has 0 aliphatic heterocycles. The zero-order valence-corrected chi connectivity index (χ0v) is 7.16. The molecule has 0 aliphatic rings. The number of aromatic nitrogens is 2. The van der Waals surface area contributed by atoms with Crippen molar-refractivity contribution in [2.75, 3.05) is 0 Å². The molecule has 70 valence electrons. The van der Waals surface area contributed by atoms with E-state index in [0.29, 0.717) is 11.8 Å². The number of H-pyrrole nitrogens is 2. The number of hydrogen-bond donors (Lipinski definition) is 2. The Balaban J connectivity index is 0.000000310. The number of aromatic amines is 2. The first-order valence-corrected chi connectivity index (χ1v) is 3.46. The molecule has 0 saturated carbocycles. The van der Waals surface area contributed by atoms with E-state index in [1.807, 2.05) is 0 Å². The van der Waals surface area contributed by atoms with Crippen LogP contribution < -0.4 is 11.2 Å². The number of aldehydes is 1. The van der Waals surface area contributed by atoms with Crippen LogP contribution in [0.2, 0.25) is 0 Å². The summed E-state index contributed by atoms with van der Waals surface area (Å²) >= 11 is 0. The third-order valence-electron chi connectivity index (χ3n) is 1.10. The Bertz CT molecular complexity index is 383. The maximum Gasteiger partial charge on any atom is 0.325 e. The van der Waals surface area contributed by atoms with Crippen molar-refractivity contribution >= 4 is 6.29 Å². The van der Waals surface area contributed by atoms with Crippen LogP contribution in [0.5, 0.6) is 0 Å². The lowest BCUT2D eigenvalue weighted by Crippen LogP contribution is -2.22. The maximum atomic E-state index is 10.6. The van der Waals surface area contributed by atoms with Crippen molar-refractivity contribution in [2.45, 2.75) is 6.92 Å². The second kappa shape index (κ2) is 5.70. The predicted octanol–water partition coefficient (Wildman–Crippen LogP) is -0.257. The summed E-state index contributed by atoms with van der Waals surface area (Å²) < 4.78 is 0. The SMILES string of the molecule is C=CC=O.Cc1c[nH]c(=O)[nH]c1=O. The minimum absolute atomic E-state index is 0.334. The third-order valence-corrected chi connectivity index (χ3v) is 1.10. The van der Waals surface area contributed by atoms with Crippen LogP contribution in [0.25, 0.3) is 0 Å². The molecule has 0 bridgehead atoms. The van der Waals surface area contributed by atoms with Gasteiger partial charge in [0.15, 0.2) is 0 Å².